The van der Waals surface area contributed by atoms with Crippen molar-refractivity contribution in [3.63, 3.8) is 0 Å². The second kappa shape index (κ2) is 8.78. The second-order valence-electron chi connectivity index (χ2n) is 6.45. The zero-order valence-electron chi connectivity index (χ0n) is 15.4. The van der Waals surface area contributed by atoms with Crippen LogP contribution >= 0.6 is 0 Å². The van der Waals surface area contributed by atoms with E-state index in [0.717, 1.165) is 30.9 Å². The van der Waals surface area contributed by atoms with Crippen LogP contribution < -0.4 is 21.1 Å². The standard InChI is InChI=1S/C20H27N5O/c1-3-25(4-2)19-11-10-15(13-21-19)14-22-20(26)18-12-17(23-24-18)16-8-6-5-7-9-16/h5-11,13,17-18,23-24H,3-4,12,14H2,1-2H3,(H,22,26). The molecule has 1 saturated heterocycles. The van der Waals surface area contributed by atoms with E-state index in [9.17, 15) is 4.79 Å². The van der Waals surface area contributed by atoms with Crippen LogP contribution in [0.15, 0.2) is 48.7 Å². The van der Waals surface area contributed by atoms with Gasteiger partial charge in [0.15, 0.2) is 0 Å². The lowest BCUT2D eigenvalue weighted by molar-refractivity contribution is -0.123. The van der Waals surface area contributed by atoms with Crippen molar-refractivity contribution in [3.05, 3.63) is 59.8 Å². The lowest BCUT2D eigenvalue weighted by atomic mass is 10.0. The Hall–Kier alpha value is -2.44. The molecule has 2 heterocycles. The van der Waals surface area contributed by atoms with Crippen molar-refractivity contribution < 1.29 is 4.79 Å². The normalized spacial score (nSPS) is 19.3. The molecule has 3 N–H and O–H groups in total. The van der Waals surface area contributed by atoms with Crippen LogP contribution in [0.4, 0.5) is 5.82 Å². The maximum Gasteiger partial charge on any atom is 0.238 e. The predicted octanol–water partition coefficient (Wildman–Crippen LogP) is 2.15. The molecule has 2 unspecified atom stereocenters. The maximum absolute atomic E-state index is 12.4. The summed E-state index contributed by atoms with van der Waals surface area (Å²) < 4.78 is 0. The molecule has 1 fully saturated rings. The molecule has 6 nitrogen and oxygen atoms in total. The molecule has 1 aliphatic rings. The Morgan fingerprint density at radius 1 is 1.15 bits per heavy atom. The minimum Gasteiger partial charge on any atom is -0.357 e. The SMILES string of the molecule is CCN(CC)c1ccc(CNC(=O)C2CC(c3ccccc3)NN2)cn1. The third-order valence-electron chi connectivity index (χ3n) is 4.78. The van der Waals surface area contributed by atoms with Gasteiger partial charge in [0.2, 0.25) is 5.91 Å². The molecule has 0 saturated carbocycles. The number of hydrogen-bond donors (Lipinski definition) is 3. The van der Waals surface area contributed by atoms with Crippen molar-refractivity contribution in [3.8, 4) is 0 Å². The Kier molecular flexibility index (Phi) is 6.20. The summed E-state index contributed by atoms with van der Waals surface area (Å²) in [7, 11) is 0. The molecule has 1 amide bonds. The highest BCUT2D eigenvalue weighted by Gasteiger charge is 2.29. The van der Waals surface area contributed by atoms with Crippen LogP contribution in [0.1, 0.15) is 37.4 Å². The first-order valence-electron chi connectivity index (χ1n) is 9.24. The van der Waals surface area contributed by atoms with Crippen LogP contribution in [0.2, 0.25) is 0 Å². The molecule has 1 aliphatic heterocycles. The molecule has 1 aromatic carbocycles. The van der Waals surface area contributed by atoms with Crippen molar-refractivity contribution in [1.82, 2.24) is 21.2 Å². The van der Waals surface area contributed by atoms with Gasteiger partial charge in [-0.2, -0.15) is 0 Å². The van der Waals surface area contributed by atoms with E-state index >= 15 is 0 Å². The van der Waals surface area contributed by atoms with Gasteiger partial charge in [-0.3, -0.25) is 4.79 Å². The van der Waals surface area contributed by atoms with E-state index in [4.69, 9.17) is 0 Å². The van der Waals surface area contributed by atoms with Crippen LogP contribution in [-0.4, -0.2) is 30.0 Å². The summed E-state index contributed by atoms with van der Waals surface area (Å²) in [5, 5.41) is 2.99. The zero-order valence-corrected chi connectivity index (χ0v) is 15.4. The zero-order chi connectivity index (χ0) is 18.4. The Morgan fingerprint density at radius 3 is 2.58 bits per heavy atom. The number of hydrazine groups is 1. The fourth-order valence-corrected chi connectivity index (χ4v) is 3.20. The van der Waals surface area contributed by atoms with Gasteiger partial charge >= 0.3 is 0 Å². The number of nitrogens with zero attached hydrogens (tertiary/aromatic N) is 2. The van der Waals surface area contributed by atoms with E-state index < -0.39 is 0 Å². The van der Waals surface area contributed by atoms with Crippen molar-refractivity contribution in [2.45, 2.75) is 38.9 Å². The average Bonchev–Trinajstić information content (AvgIpc) is 3.19. The van der Waals surface area contributed by atoms with Gasteiger partial charge in [-0.05, 0) is 37.5 Å². The molecule has 26 heavy (non-hydrogen) atoms. The first-order valence-corrected chi connectivity index (χ1v) is 9.24. The molecule has 0 bridgehead atoms. The van der Waals surface area contributed by atoms with E-state index in [0.29, 0.717) is 6.54 Å². The van der Waals surface area contributed by atoms with Crippen molar-refractivity contribution in [2.75, 3.05) is 18.0 Å². The fourth-order valence-electron chi connectivity index (χ4n) is 3.20. The highest BCUT2D eigenvalue weighted by atomic mass is 16.2. The third kappa shape index (κ3) is 4.39. The molecule has 0 aliphatic carbocycles. The highest BCUT2D eigenvalue weighted by Crippen LogP contribution is 2.21. The number of aromatic nitrogens is 1. The third-order valence-corrected chi connectivity index (χ3v) is 4.78. The number of pyridine rings is 1. The molecule has 1 aromatic heterocycles. The van der Waals surface area contributed by atoms with E-state index in [1.807, 2.05) is 36.5 Å². The first kappa shape index (κ1) is 18.4. The quantitative estimate of drug-likeness (QED) is 0.712. The number of anilines is 1. The first-order chi connectivity index (χ1) is 12.7. The molecule has 6 heteroatoms. The molecule has 0 radical (unpaired) electrons. The summed E-state index contributed by atoms with van der Waals surface area (Å²) in [5.41, 5.74) is 8.49. The Morgan fingerprint density at radius 2 is 1.92 bits per heavy atom. The summed E-state index contributed by atoms with van der Waals surface area (Å²) in [6.07, 6.45) is 2.57. The number of carbonyl (C=O) groups excluding carboxylic acids is 1. The molecule has 138 valence electrons. The van der Waals surface area contributed by atoms with Crippen LogP contribution in [0.3, 0.4) is 0 Å². The molecule has 3 rings (SSSR count). The fraction of sp³-hybridized carbons (Fsp3) is 0.400. The van der Waals surface area contributed by atoms with E-state index in [2.05, 4.69) is 52.0 Å². The second-order valence-corrected chi connectivity index (χ2v) is 6.45. The van der Waals surface area contributed by atoms with Gasteiger partial charge in [0, 0.05) is 31.9 Å². The number of carbonyl (C=O) groups is 1. The maximum atomic E-state index is 12.4. The Balaban J connectivity index is 1.50. The monoisotopic (exact) mass is 353 g/mol. The van der Waals surface area contributed by atoms with E-state index in [1.54, 1.807) is 0 Å². The van der Waals surface area contributed by atoms with E-state index in [-0.39, 0.29) is 18.0 Å². The lowest BCUT2D eigenvalue weighted by Gasteiger charge is -2.19. The summed E-state index contributed by atoms with van der Waals surface area (Å²) in [6, 6.07) is 14.1. The Labute approximate surface area is 155 Å². The van der Waals surface area contributed by atoms with Gasteiger partial charge in [0.1, 0.15) is 11.9 Å². The van der Waals surface area contributed by atoms with Gasteiger partial charge in [-0.1, -0.05) is 36.4 Å². The lowest BCUT2D eigenvalue weighted by Crippen LogP contribution is -2.42. The molecule has 0 spiro atoms. The topological polar surface area (TPSA) is 69.3 Å². The highest BCUT2D eigenvalue weighted by molar-refractivity contribution is 5.82. The van der Waals surface area contributed by atoms with Gasteiger partial charge in [-0.25, -0.2) is 15.8 Å². The van der Waals surface area contributed by atoms with Crippen molar-refractivity contribution in [2.24, 2.45) is 0 Å². The number of rotatable bonds is 7. The minimum atomic E-state index is -0.233. The van der Waals surface area contributed by atoms with Gasteiger partial charge in [0.05, 0.1) is 0 Å². The average molecular weight is 353 g/mol. The summed E-state index contributed by atoms with van der Waals surface area (Å²) >= 11 is 0. The van der Waals surface area contributed by atoms with Crippen LogP contribution in [0.25, 0.3) is 0 Å². The van der Waals surface area contributed by atoms with Crippen molar-refractivity contribution >= 4 is 11.7 Å². The minimum absolute atomic E-state index is 0.00347. The Bertz CT molecular complexity index is 700. The van der Waals surface area contributed by atoms with Gasteiger partial charge < -0.3 is 10.2 Å². The summed E-state index contributed by atoms with van der Waals surface area (Å²) in [6.45, 7) is 6.58. The number of nitrogens with one attached hydrogen (secondary N) is 3. The van der Waals surface area contributed by atoms with Crippen LogP contribution in [0, 0.1) is 0 Å². The predicted molar refractivity (Wildman–Crippen MR) is 104 cm³/mol. The number of hydrogen-bond acceptors (Lipinski definition) is 5. The summed E-state index contributed by atoms with van der Waals surface area (Å²) in [4.78, 5) is 19.1. The molecular formula is C20H27N5O. The van der Waals surface area contributed by atoms with E-state index in [1.165, 1.54) is 5.56 Å². The molecule has 2 aromatic rings. The van der Waals surface area contributed by atoms with Gasteiger partial charge in [-0.15, -0.1) is 0 Å². The van der Waals surface area contributed by atoms with Gasteiger partial charge in [0.25, 0.3) is 0 Å². The van der Waals surface area contributed by atoms with Crippen LogP contribution in [-0.2, 0) is 11.3 Å². The number of amides is 1. The summed E-state index contributed by atoms with van der Waals surface area (Å²) in [5.74, 6) is 0.973. The number of benzene rings is 1. The molecule has 2 atom stereocenters. The molecular weight excluding hydrogens is 326 g/mol. The smallest absolute Gasteiger partial charge is 0.238 e. The largest absolute Gasteiger partial charge is 0.357 e. The van der Waals surface area contributed by atoms with Crippen molar-refractivity contribution in [1.29, 1.82) is 0 Å². The van der Waals surface area contributed by atoms with Crippen LogP contribution in [0.5, 0.6) is 0 Å².